The van der Waals surface area contributed by atoms with Gasteiger partial charge < -0.3 is 10.0 Å². The number of carboxylic acid groups (broad SMARTS) is 1. The van der Waals surface area contributed by atoms with Crippen molar-refractivity contribution in [1.29, 1.82) is 0 Å². The Morgan fingerprint density at radius 2 is 2.00 bits per heavy atom. The molecule has 0 aromatic rings. The molecule has 18 heavy (non-hydrogen) atoms. The Labute approximate surface area is 107 Å². The van der Waals surface area contributed by atoms with Gasteiger partial charge in [-0.15, -0.1) is 0 Å². The average molecular weight is 277 g/mol. The molecule has 1 unspecified atom stereocenters. The van der Waals surface area contributed by atoms with Gasteiger partial charge in [-0.25, -0.2) is 8.42 Å². The quantitative estimate of drug-likeness (QED) is 0.763. The molecule has 0 aromatic carbocycles. The molecule has 1 amide bonds. The van der Waals surface area contributed by atoms with Gasteiger partial charge in [0.15, 0.2) is 9.84 Å². The Morgan fingerprint density at radius 1 is 1.39 bits per heavy atom. The van der Waals surface area contributed by atoms with Crippen LogP contribution in [0.3, 0.4) is 0 Å². The number of amides is 1. The lowest BCUT2D eigenvalue weighted by molar-refractivity contribution is -0.141. The molecule has 0 saturated carbocycles. The summed E-state index contributed by atoms with van der Waals surface area (Å²) in [5.41, 5.74) is 0. The molecular weight excluding hydrogens is 258 g/mol. The van der Waals surface area contributed by atoms with Crippen molar-refractivity contribution in [3.63, 3.8) is 0 Å². The molecule has 6 nitrogen and oxygen atoms in total. The lowest BCUT2D eigenvalue weighted by atomic mass is 10.1. The summed E-state index contributed by atoms with van der Waals surface area (Å²) in [7, 11) is -3.39. The van der Waals surface area contributed by atoms with Gasteiger partial charge in [0.25, 0.3) is 0 Å². The Kier molecular flexibility index (Phi) is 4.72. The summed E-state index contributed by atoms with van der Waals surface area (Å²) in [6, 6.07) is 0. The molecule has 1 N–H and O–H groups in total. The second-order valence-electron chi connectivity index (χ2n) is 5.11. The molecule has 104 valence electrons. The fourth-order valence-electron chi connectivity index (χ4n) is 2.03. The van der Waals surface area contributed by atoms with Gasteiger partial charge in [0.05, 0.1) is 11.7 Å². The molecule has 1 saturated heterocycles. The number of likely N-dealkylation sites (tertiary alicyclic amines) is 1. The summed E-state index contributed by atoms with van der Waals surface area (Å²) in [5.74, 6) is -2.54. The summed E-state index contributed by atoms with van der Waals surface area (Å²) in [5, 5.41) is 8.81. The van der Waals surface area contributed by atoms with Crippen molar-refractivity contribution in [2.75, 3.05) is 24.6 Å². The number of aliphatic carboxylic acids is 1. The zero-order valence-electron chi connectivity index (χ0n) is 10.6. The molecule has 0 spiro atoms. The highest BCUT2D eigenvalue weighted by atomic mass is 32.2. The lowest BCUT2D eigenvalue weighted by Gasteiger charge is -2.16. The van der Waals surface area contributed by atoms with E-state index in [1.807, 2.05) is 0 Å². The summed E-state index contributed by atoms with van der Waals surface area (Å²) in [6.07, 6.45) is 0.394. The Bertz CT molecular complexity index is 429. The zero-order chi connectivity index (χ0) is 13.9. The minimum Gasteiger partial charge on any atom is -0.481 e. The highest BCUT2D eigenvalue weighted by Gasteiger charge is 2.32. The van der Waals surface area contributed by atoms with Crippen molar-refractivity contribution >= 4 is 21.7 Å². The topological polar surface area (TPSA) is 91.8 Å². The molecule has 1 aliphatic heterocycles. The fourth-order valence-corrected chi connectivity index (χ4v) is 3.73. The van der Waals surface area contributed by atoms with Crippen molar-refractivity contribution in [3.8, 4) is 0 Å². The van der Waals surface area contributed by atoms with Gasteiger partial charge in [-0.1, -0.05) is 13.8 Å². The fraction of sp³-hybridized carbons (Fsp3) is 0.818. The molecule has 0 bridgehead atoms. The first-order valence-corrected chi connectivity index (χ1v) is 7.74. The molecule has 1 heterocycles. The van der Waals surface area contributed by atoms with Gasteiger partial charge in [0.2, 0.25) is 5.91 Å². The first kappa shape index (κ1) is 14.9. The predicted molar refractivity (Wildman–Crippen MR) is 65.8 cm³/mol. The average Bonchev–Trinajstić information content (AvgIpc) is 2.62. The normalized spacial score (nSPS) is 20.4. The Morgan fingerprint density at radius 3 is 2.44 bits per heavy atom. The van der Waals surface area contributed by atoms with E-state index in [-0.39, 0.29) is 18.2 Å². The van der Waals surface area contributed by atoms with Crippen LogP contribution < -0.4 is 0 Å². The molecule has 1 fully saturated rings. The van der Waals surface area contributed by atoms with E-state index < -0.39 is 33.4 Å². The number of sulfone groups is 1. The number of hydrogen-bond acceptors (Lipinski definition) is 4. The molecule has 1 atom stereocenters. The zero-order valence-corrected chi connectivity index (χ0v) is 11.4. The van der Waals surface area contributed by atoms with Gasteiger partial charge >= 0.3 is 5.97 Å². The number of rotatable bonds is 5. The number of carbonyl (C=O) groups is 2. The monoisotopic (exact) mass is 277 g/mol. The van der Waals surface area contributed by atoms with Gasteiger partial charge in [-0.2, -0.15) is 0 Å². The van der Waals surface area contributed by atoms with Crippen LogP contribution in [0.4, 0.5) is 0 Å². The van der Waals surface area contributed by atoms with E-state index >= 15 is 0 Å². The Balaban J connectivity index is 2.55. The second-order valence-corrected chi connectivity index (χ2v) is 7.22. The third-order valence-corrected chi connectivity index (χ3v) is 4.68. The van der Waals surface area contributed by atoms with Crippen molar-refractivity contribution in [3.05, 3.63) is 0 Å². The van der Waals surface area contributed by atoms with Crippen molar-refractivity contribution in [2.24, 2.45) is 11.8 Å². The van der Waals surface area contributed by atoms with Crippen molar-refractivity contribution in [1.82, 2.24) is 4.90 Å². The third-order valence-electron chi connectivity index (χ3n) is 2.82. The molecule has 7 heteroatoms. The summed E-state index contributed by atoms with van der Waals surface area (Å²) in [4.78, 5) is 23.8. The van der Waals surface area contributed by atoms with Crippen LogP contribution in [0, 0.1) is 11.8 Å². The van der Waals surface area contributed by atoms with Gasteiger partial charge in [-0.05, 0) is 12.3 Å². The van der Waals surface area contributed by atoms with E-state index in [0.29, 0.717) is 13.0 Å². The van der Waals surface area contributed by atoms with E-state index in [9.17, 15) is 18.0 Å². The van der Waals surface area contributed by atoms with E-state index in [1.165, 1.54) is 4.90 Å². The van der Waals surface area contributed by atoms with Crippen LogP contribution >= 0.6 is 0 Å². The van der Waals surface area contributed by atoms with Gasteiger partial charge in [0, 0.05) is 13.1 Å². The van der Waals surface area contributed by atoms with Gasteiger partial charge in [0.1, 0.15) is 5.75 Å². The first-order valence-electron chi connectivity index (χ1n) is 5.92. The van der Waals surface area contributed by atoms with Crippen molar-refractivity contribution in [2.45, 2.75) is 20.3 Å². The maximum absolute atomic E-state index is 11.8. The van der Waals surface area contributed by atoms with E-state index in [4.69, 9.17) is 5.11 Å². The second kappa shape index (κ2) is 5.69. The minimum atomic E-state index is -3.39. The number of carboxylic acids is 1. The highest BCUT2D eigenvalue weighted by Crippen LogP contribution is 2.17. The van der Waals surface area contributed by atoms with Crippen molar-refractivity contribution < 1.29 is 23.1 Å². The molecule has 0 aliphatic carbocycles. The number of hydrogen-bond donors (Lipinski definition) is 1. The van der Waals surface area contributed by atoms with E-state index in [0.717, 1.165) is 0 Å². The number of nitrogens with zero attached hydrogens (tertiary/aromatic N) is 1. The smallest absolute Gasteiger partial charge is 0.308 e. The summed E-state index contributed by atoms with van der Waals surface area (Å²) < 4.78 is 23.3. The number of carbonyl (C=O) groups excluding carboxylic acids is 1. The summed E-state index contributed by atoms with van der Waals surface area (Å²) >= 11 is 0. The standard InChI is InChI=1S/C11H19NO5S/c1-8(2)6-18(16,17)7-10(13)12-4-3-9(5-12)11(14)15/h8-9H,3-7H2,1-2H3,(H,14,15). The van der Waals surface area contributed by atoms with Crippen LogP contribution in [0.5, 0.6) is 0 Å². The molecule has 0 aromatic heterocycles. The largest absolute Gasteiger partial charge is 0.481 e. The van der Waals surface area contributed by atoms with E-state index in [1.54, 1.807) is 13.8 Å². The van der Waals surface area contributed by atoms with Crippen LogP contribution in [0.2, 0.25) is 0 Å². The van der Waals surface area contributed by atoms with Crippen LogP contribution in [0.25, 0.3) is 0 Å². The summed E-state index contributed by atoms with van der Waals surface area (Å²) in [6.45, 7) is 4.00. The Hall–Kier alpha value is -1.11. The molecule has 0 radical (unpaired) electrons. The predicted octanol–water partition coefficient (Wildman–Crippen LogP) is -0.00970. The maximum atomic E-state index is 11.8. The first-order chi connectivity index (χ1) is 8.21. The molecule has 1 rings (SSSR count). The third kappa shape index (κ3) is 4.29. The highest BCUT2D eigenvalue weighted by molar-refractivity contribution is 7.92. The van der Waals surface area contributed by atoms with Crippen LogP contribution in [-0.2, 0) is 19.4 Å². The van der Waals surface area contributed by atoms with Gasteiger partial charge in [-0.3, -0.25) is 9.59 Å². The molecule has 1 aliphatic rings. The van der Waals surface area contributed by atoms with Crippen LogP contribution in [0.15, 0.2) is 0 Å². The minimum absolute atomic E-state index is 0.0189. The lowest BCUT2D eigenvalue weighted by Crippen LogP contribution is -2.35. The maximum Gasteiger partial charge on any atom is 0.308 e. The molecular formula is C11H19NO5S. The van der Waals surface area contributed by atoms with Crippen LogP contribution in [0.1, 0.15) is 20.3 Å². The van der Waals surface area contributed by atoms with E-state index in [2.05, 4.69) is 0 Å². The van der Waals surface area contributed by atoms with Crippen LogP contribution in [-0.4, -0.2) is 54.9 Å². The SMILES string of the molecule is CC(C)CS(=O)(=O)CC(=O)N1CCC(C(=O)O)C1.